The van der Waals surface area contributed by atoms with E-state index in [0.717, 1.165) is 6.42 Å². The van der Waals surface area contributed by atoms with E-state index in [-0.39, 0.29) is 36.6 Å². The number of carbonyl (C=O) groups is 2. The van der Waals surface area contributed by atoms with Gasteiger partial charge in [-0.15, -0.1) is 12.4 Å². The first kappa shape index (κ1) is 22.6. The van der Waals surface area contributed by atoms with Crippen molar-refractivity contribution < 1.29 is 14.0 Å². The Balaban J connectivity index is 0.00000364. The van der Waals surface area contributed by atoms with Gasteiger partial charge in [0.1, 0.15) is 5.82 Å². The van der Waals surface area contributed by atoms with E-state index in [1.165, 1.54) is 6.07 Å². The van der Waals surface area contributed by atoms with Gasteiger partial charge in [-0.1, -0.05) is 31.5 Å². The van der Waals surface area contributed by atoms with Crippen LogP contribution >= 0.6 is 12.4 Å². The third-order valence-electron chi connectivity index (χ3n) is 4.09. The molecule has 0 aliphatic carbocycles. The van der Waals surface area contributed by atoms with E-state index in [2.05, 4.69) is 10.6 Å². The summed E-state index contributed by atoms with van der Waals surface area (Å²) < 4.78 is 13.6. The van der Waals surface area contributed by atoms with E-state index in [0.29, 0.717) is 23.2 Å². The number of nitrogens with one attached hydrogen (secondary N) is 2. The molecule has 2 amide bonds. The molecule has 0 aliphatic heterocycles. The second-order valence-corrected chi connectivity index (χ2v) is 6.47. The van der Waals surface area contributed by atoms with Gasteiger partial charge in [-0.25, -0.2) is 4.39 Å². The zero-order valence-corrected chi connectivity index (χ0v) is 16.2. The average molecular weight is 394 g/mol. The van der Waals surface area contributed by atoms with Crippen LogP contribution in [0.2, 0.25) is 0 Å². The lowest BCUT2D eigenvalue weighted by atomic mass is 9.96. The average Bonchev–Trinajstić information content (AvgIpc) is 2.61. The van der Waals surface area contributed by atoms with Crippen LogP contribution in [0.4, 0.5) is 10.1 Å². The van der Waals surface area contributed by atoms with Gasteiger partial charge in [0.25, 0.3) is 5.91 Å². The molecule has 1 atom stereocenters. The minimum Gasteiger partial charge on any atom is -0.348 e. The molecule has 146 valence electrons. The molecular weight excluding hydrogens is 369 g/mol. The van der Waals surface area contributed by atoms with Gasteiger partial charge >= 0.3 is 0 Å². The normalized spacial score (nSPS) is 12.4. The maximum absolute atomic E-state index is 13.6. The summed E-state index contributed by atoms with van der Waals surface area (Å²) in [6, 6.07) is 12.7. The molecule has 0 fully saturated rings. The molecule has 4 N–H and O–H groups in total. The first-order chi connectivity index (χ1) is 12.3. The summed E-state index contributed by atoms with van der Waals surface area (Å²) in [7, 11) is 0. The Morgan fingerprint density at radius 2 is 1.74 bits per heavy atom. The SMILES string of the molecule is CCCC(C)(N)C(=O)Nc1ccc(C(=O)NCc2ccccc2F)cc1.Cl. The quantitative estimate of drug-likeness (QED) is 0.671. The third kappa shape index (κ3) is 6.34. The third-order valence-corrected chi connectivity index (χ3v) is 4.09. The second-order valence-electron chi connectivity index (χ2n) is 6.47. The highest BCUT2D eigenvalue weighted by Gasteiger charge is 2.27. The molecule has 0 heterocycles. The molecule has 1 unspecified atom stereocenters. The van der Waals surface area contributed by atoms with Crippen molar-refractivity contribution in [3.05, 3.63) is 65.5 Å². The van der Waals surface area contributed by atoms with E-state index >= 15 is 0 Å². The van der Waals surface area contributed by atoms with E-state index in [1.807, 2.05) is 6.92 Å². The van der Waals surface area contributed by atoms with E-state index in [1.54, 1.807) is 49.4 Å². The van der Waals surface area contributed by atoms with Crippen LogP contribution < -0.4 is 16.4 Å². The van der Waals surface area contributed by atoms with Crippen LogP contribution in [0.1, 0.15) is 42.6 Å². The standard InChI is InChI=1S/C20H24FN3O2.ClH/c1-3-12-20(2,22)19(26)24-16-10-8-14(9-11-16)18(25)23-13-15-6-4-5-7-17(15)21;/h4-11H,3,12-13,22H2,1-2H3,(H,23,25)(H,24,26);1H. The van der Waals surface area contributed by atoms with Gasteiger partial charge < -0.3 is 16.4 Å². The van der Waals surface area contributed by atoms with Crippen LogP contribution in [-0.4, -0.2) is 17.4 Å². The number of carbonyl (C=O) groups excluding carboxylic acids is 2. The fraction of sp³-hybridized carbons (Fsp3) is 0.300. The number of nitrogens with two attached hydrogens (primary N) is 1. The molecule has 0 radical (unpaired) electrons. The topological polar surface area (TPSA) is 84.2 Å². The Hall–Kier alpha value is -2.44. The van der Waals surface area contributed by atoms with Crippen molar-refractivity contribution in [2.75, 3.05) is 5.32 Å². The molecule has 0 aliphatic rings. The molecule has 0 spiro atoms. The van der Waals surface area contributed by atoms with Crippen LogP contribution in [0.25, 0.3) is 0 Å². The maximum Gasteiger partial charge on any atom is 0.251 e. The fourth-order valence-corrected chi connectivity index (χ4v) is 2.53. The summed E-state index contributed by atoms with van der Waals surface area (Å²) in [5.74, 6) is -0.945. The van der Waals surface area contributed by atoms with Gasteiger partial charge in [0.05, 0.1) is 5.54 Å². The van der Waals surface area contributed by atoms with E-state index in [9.17, 15) is 14.0 Å². The van der Waals surface area contributed by atoms with E-state index in [4.69, 9.17) is 5.73 Å². The number of anilines is 1. The first-order valence-electron chi connectivity index (χ1n) is 8.55. The minimum absolute atomic E-state index is 0. The predicted molar refractivity (Wildman–Crippen MR) is 107 cm³/mol. The van der Waals surface area contributed by atoms with Gasteiger partial charge in [-0.2, -0.15) is 0 Å². The van der Waals surface area contributed by atoms with Crippen LogP contribution in [-0.2, 0) is 11.3 Å². The van der Waals surface area contributed by atoms with Gasteiger partial charge in [0.2, 0.25) is 5.91 Å². The predicted octanol–water partition coefficient (Wildman–Crippen LogP) is 3.63. The van der Waals surface area contributed by atoms with Crippen molar-refractivity contribution in [2.24, 2.45) is 5.73 Å². The van der Waals surface area contributed by atoms with Gasteiger partial charge in [0.15, 0.2) is 0 Å². The van der Waals surface area contributed by atoms with Gasteiger partial charge in [-0.05, 0) is 43.7 Å². The van der Waals surface area contributed by atoms with Crippen molar-refractivity contribution in [1.29, 1.82) is 0 Å². The van der Waals surface area contributed by atoms with Gasteiger partial charge in [0, 0.05) is 23.4 Å². The smallest absolute Gasteiger partial charge is 0.251 e. The summed E-state index contributed by atoms with van der Waals surface area (Å²) in [6.45, 7) is 3.76. The molecule has 27 heavy (non-hydrogen) atoms. The molecule has 0 saturated carbocycles. The summed E-state index contributed by atoms with van der Waals surface area (Å²) in [6.07, 6.45) is 1.39. The Bertz CT molecular complexity index is 779. The van der Waals surface area contributed by atoms with Crippen LogP contribution in [0.15, 0.2) is 48.5 Å². The molecule has 2 aromatic carbocycles. The lowest BCUT2D eigenvalue weighted by molar-refractivity contribution is -0.120. The number of rotatable bonds is 7. The monoisotopic (exact) mass is 393 g/mol. The summed E-state index contributed by atoms with van der Waals surface area (Å²) >= 11 is 0. The number of benzene rings is 2. The molecule has 7 heteroatoms. The maximum atomic E-state index is 13.6. The van der Waals surface area contributed by atoms with E-state index < -0.39 is 5.54 Å². The van der Waals surface area contributed by atoms with Crippen LogP contribution in [0.5, 0.6) is 0 Å². The van der Waals surface area contributed by atoms with Crippen molar-refractivity contribution >= 4 is 29.9 Å². The van der Waals surface area contributed by atoms with Crippen molar-refractivity contribution in [1.82, 2.24) is 5.32 Å². The number of hydrogen-bond donors (Lipinski definition) is 3. The van der Waals surface area contributed by atoms with Crippen LogP contribution in [0.3, 0.4) is 0 Å². The summed E-state index contributed by atoms with van der Waals surface area (Å²) in [4.78, 5) is 24.3. The molecule has 5 nitrogen and oxygen atoms in total. The first-order valence-corrected chi connectivity index (χ1v) is 8.55. The van der Waals surface area contributed by atoms with Crippen molar-refractivity contribution in [2.45, 2.75) is 38.8 Å². The highest BCUT2D eigenvalue weighted by atomic mass is 35.5. The zero-order valence-electron chi connectivity index (χ0n) is 15.4. The molecule has 0 aromatic heterocycles. The number of hydrogen-bond acceptors (Lipinski definition) is 3. The minimum atomic E-state index is -0.940. The largest absolute Gasteiger partial charge is 0.348 e. The lowest BCUT2D eigenvalue weighted by Gasteiger charge is -2.22. The van der Waals surface area contributed by atoms with Gasteiger partial charge in [-0.3, -0.25) is 9.59 Å². The Labute approximate surface area is 164 Å². The number of amides is 2. The fourth-order valence-electron chi connectivity index (χ4n) is 2.53. The molecular formula is C20H25ClFN3O2. The Kier molecular flexibility index (Phi) is 8.40. The Morgan fingerprint density at radius 1 is 1.11 bits per heavy atom. The van der Waals surface area contributed by atoms with Crippen molar-refractivity contribution in [3.8, 4) is 0 Å². The molecule has 2 aromatic rings. The Morgan fingerprint density at radius 3 is 2.33 bits per heavy atom. The lowest BCUT2D eigenvalue weighted by Crippen LogP contribution is -2.48. The summed E-state index contributed by atoms with van der Waals surface area (Å²) in [5.41, 5.74) is 6.46. The highest BCUT2D eigenvalue weighted by Crippen LogP contribution is 2.15. The molecule has 0 bridgehead atoms. The summed E-state index contributed by atoms with van der Waals surface area (Å²) in [5, 5.41) is 5.42. The zero-order chi connectivity index (χ0) is 19.2. The van der Waals surface area contributed by atoms with Crippen molar-refractivity contribution in [3.63, 3.8) is 0 Å². The second kappa shape index (κ2) is 10.0. The number of halogens is 2. The highest BCUT2D eigenvalue weighted by molar-refractivity contribution is 5.98. The van der Waals surface area contributed by atoms with Crippen LogP contribution in [0, 0.1) is 5.82 Å². The molecule has 2 rings (SSSR count). The molecule has 0 saturated heterocycles.